The number of nitrogens with one attached hydrogen (secondary N) is 1. The first-order chi connectivity index (χ1) is 7.89. The molecule has 0 aromatic heterocycles. The fourth-order valence-electron chi connectivity index (χ4n) is 2.22. The summed E-state index contributed by atoms with van der Waals surface area (Å²) in [6.07, 6.45) is 7.83. The zero-order valence-corrected chi connectivity index (χ0v) is 11.6. The molecule has 0 saturated heterocycles. The average Bonchev–Trinajstić information content (AvgIpc) is 2.44. The van der Waals surface area contributed by atoms with Gasteiger partial charge in [0.2, 0.25) is 5.91 Å². The van der Waals surface area contributed by atoms with E-state index in [2.05, 4.69) is 26.1 Å². The number of hydrogen-bond donors (Lipinski definition) is 2. The van der Waals surface area contributed by atoms with Gasteiger partial charge in [-0.15, -0.1) is 0 Å². The van der Waals surface area contributed by atoms with Gasteiger partial charge < -0.3 is 11.1 Å². The second-order valence-corrected chi connectivity index (χ2v) is 6.43. The van der Waals surface area contributed by atoms with E-state index in [1.807, 2.05) is 0 Å². The molecule has 1 fully saturated rings. The lowest BCUT2D eigenvalue weighted by molar-refractivity contribution is -0.122. The molecule has 0 aromatic rings. The van der Waals surface area contributed by atoms with Gasteiger partial charge >= 0.3 is 0 Å². The summed E-state index contributed by atoms with van der Waals surface area (Å²) in [6, 6.07) is 0.324. The highest BCUT2D eigenvalue weighted by molar-refractivity contribution is 5.77. The smallest absolute Gasteiger partial charge is 0.221 e. The summed E-state index contributed by atoms with van der Waals surface area (Å²) >= 11 is 0. The number of rotatable bonds is 3. The monoisotopic (exact) mass is 240 g/mol. The van der Waals surface area contributed by atoms with Crippen LogP contribution >= 0.6 is 0 Å². The van der Waals surface area contributed by atoms with Gasteiger partial charge in [-0.2, -0.15) is 0 Å². The molecule has 0 aliphatic heterocycles. The molecule has 1 atom stereocenters. The Kier molecular flexibility index (Phi) is 5.44. The zero-order chi connectivity index (χ0) is 12.9. The molecule has 1 unspecified atom stereocenters. The third kappa shape index (κ3) is 5.53. The maximum absolute atomic E-state index is 11.9. The van der Waals surface area contributed by atoms with Crippen molar-refractivity contribution in [2.24, 2.45) is 11.1 Å². The van der Waals surface area contributed by atoms with E-state index in [1.165, 1.54) is 25.7 Å². The van der Waals surface area contributed by atoms with Crippen molar-refractivity contribution < 1.29 is 4.79 Å². The van der Waals surface area contributed by atoms with E-state index in [9.17, 15) is 4.79 Å². The second-order valence-electron chi connectivity index (χ2n) is 6.43. The van der Waals surface area contributed by atoms with Crippen LogP contribution in [0.15, 0.2) is 0 Å². The first-order valence-electron chi connectivity index (χ1n) is 6.94. The molecule has 1 amide bonds. The predicted molar refractivity (Wildman–Crippen MR) is 71.7 cm³/mol. The summed E-state index contributed by atoms with van der Waals surface area (Å²) in [5.74, 6) is 0.124. The Bertz CT molecular complexity index is 237. The highest BCUT2D eigenvalue weighted by Crippen LogP contribution is 2.20. The average molecular weight is 240 g/mol. The summed E-state index contributed by atoms with van der Waals surface area (Å²) < 4.78 is 0. The first kappa shape index (κ1) is 14.5. The van der Waals surface area contributed by atoms with E-state index in [4.69, 9.17) is 5.73 Å². The lowest BCUT2D eigenvalue weighted by atomic mass is 9.85. The molecule has 0 aromatic carbocycles. The Morgan fingerprint density at radius 2 is 1.76 bits per heavy atom. The molecule has 1 aliphatic rings. The SMILES string of the molecule is CC(C)(C)C(N)CC(=O)NC1CCCCCC1. The second kappa shape index (κ2) is 6.39. The molecule has 3 N–H and O–H groups in total. The fourth-order valence-corrected chi connectivity index (χ4v) is 2.22. The molecule has 0 radical (unpaired) electrons. The minimum atomic E-state index is -0.0618. The van der Waals surface area contributed by atoms with E-state index < -0.39 is 0 Å². The van der Waals surface area contributed by atoms with E-state index in [1.54, 1.807) is 0 Å². The van der Waals surface area contributed by atoms with E-state index in [-0.39, 0.29) is 17.4 Å². The lowest BCUT2D eigenvalue weighted by Crippen LogP contribution is -2.42. The van der Waals surface area contributed by atoms with Crippen LogP contribution in [0.2, 0.25) is 0 Å². The fraction of sp³-hybridized carbons (Fsp3) is 0.929. The topological polar surface area (TPSA) is 55.1 Å². The van der Waals surface area contributed by atoms with Crippen molar-refractivity contribution in [3.63, 3.8) is 0 Å². The molecule has 0 spiro atoms. The third-order valence-electron chi connectivity index (χ3n) is 3.74. The summed E-state index contributed by atoms with van der Waals surface area (Å²) in [6.45, 7) is 6.24. The van der Waals surface area contributed by atoms with Gasteiger partial charge in [-0.3, -0.25) is 4.79 Å². The van der Waals surface area contributed by atoms with Crippen LogP contribution in [-0.2, 0) is 4.79 Å². The zero-order valence-electron chi connectivity index (χ0n) is 11.6. The largest absolute Gasteiger partial charge is 0.353 e. The highest BCUT2D eigenvalue weighted by atomic mass is 16.1. The Labute approximate surface area is 106 Å². The minimum Gasteiger partial charge on any atom is -0.353 e. The van der Waals surface area contributed by atoms with Gasteiger partial charge in [0.05, 0.1) is 0 Å². The Balaban J connectivity index is 2.33. The molecule has 3 heteroatoms. The van der Waals surface area contributed by atoms with Gasteiger partial charge in [-0.05, 0) is 18.3 Å². The highest BCUT2D eigenvalue weighted by Gasteiger charge is 2.24. The van der Waals surface area contributed by atoms with Crippen molar-refractivity contribution in [2.75, 3.05) is 0 Å². The van der Waals surface area contributed by atoms with Crippen LogP contribution in [0.25, 0.3) is 0 Å². The number of amides is 1. The van der Waals surface area contributed by atoms with Gasteiger partial charge in [-0.25, -0.2) is 0 Å². The maximum Gasteiger partial charge on any atom is 0.221 e. The summed E-state index contributed by atoms with van der Waals surface area (Å²) in [5, 5.41) is 3.14. The van der Waals surface area contributed by atoms with Crippen LogP contribution in [-0.4, -0.2) is 18.0 Å². The third-order valence-corrected chi connectivity index (χ3v) is 3.74. The minimum absolute atomic E-state index is 0.000787. The lowest BCUT2D eigenvalue weighted by Gasteiger charge is -2.27. The molecule has 100 valence electrons. The van der Waals surface area contributed by atoms with Crippen molar-refractivity contribution in [1.29, 1.82) is 0 Å². The van der Waals surface area contributed by atoms with Crippen LogP contribution in [0.5, 0.6) is 0 Å². The molecular weight excluding hydrogens is 212 g/mol. The van der Waals surface area contributed by atoms with Gasteiger partial charge in [0, 0.05) is 18.5 Å². The maximum atomic E-state index is 11.9. The van der Waals surface area contributed by atoms with Gasteiger partial charge in [-0.1, -0.05) is 46.5 Å². The van der Waals surface area contributed by atoms with Gasteiger partial charge in [0.15, 0.2) is 0 Å². The van der Waals surface area contributed by atoms with Crippen LogP contribution < -0.4 is 11.1 Å². The number of hydrogen-bond acceptors (Lipinski definition) is 2. The standard InChI is InChI=1S/C14H28N2O/c1-14(2,3)12(15)10-13(17)16-11-8-6-4-5-7-9-11/h11-12H,4-10,15H2,1-3H3,(H,16,17). The number of carbonyl (C=O) groups is 1. The summed E-state index contributed by atoms with van der Waals surface area (Å²) in [5.41, 5.74) is 6.03. The molecule has 0 heterocycles. The molecule has 1 aliphatic carbocycles. The van der Waals surface area contributed by atoms with Crippen LogP contribution in [0.4, 0.5) is 0 Å². The number of nitrogens with two attached hydrogens (primary N) is 1. The van der Waals surface area contributed by atoms with Crippen LogP contribution in [0, 0.1) is 5.41 Å². The van der Waals surface area contributed by atoms with Gasteiger partial charge in [0.25, 0.3) is 0 Å². The van der Waals surface area contributed by atoms with Gasteiger partial charge in [0.1, 0.15) is 0 Å². The molecule has 0 bridgehead atoms. The predicted octanol–water partition coefficient (Wildman–Crippen LogP) is 2.59. The molecule has 1 rings (SSSR count). The Hall–Kier alpha value is -0.570. The van der Waals surface area contributed by atoms with Crippen molar-refractivity contribution in [3.05, 3.63) is 0 Å². The molecular formula is C14H28N2O. The van der Waals surface area contributed by atoms with E-state index in [0.717, 1.165) is 12.8 Å². The van der Waals surface area contributed by atoms with Crippen molar-refractivity contribution >= 4 is 5.91 Å². The summed E-state index contributed by atoms with van der Waals surface area (Å²) in [4.78, 5) is 11.9. The van der Waals surface area contributed by atoms with E-state index in [0.29, 0.717) is 12.5 Å². The molecule has 1 saturated carbocycles. The quantitative estimate of drug-likeness (QED) is 0.745. The molecule has 3 nitrogen and oxygen atoms in total. The number of carbonyl (C=O) groups excluding carboxylic acids is 1. The van der Waals surface area contributed by atoms with E-state index >= 15 is 0 Å². The summed E-state index contributed by atoms with van der Waals surface area (Å²) in [7, 11) is 0. The van der Waals surface area contributed by atoms with Crippen molar-refractivity contribution in [1.82, 2.24) is 5.32 Å². The molecule has 17 heavy (non-hydrogen) atoms. The normalized spacial score (nSPS) is 20.7. The van der Waals surface area contributed by atoms with Crippen molar-refractivity contribution in [2.45, 2.75) is 77.8 Å². The Morgan fingerprint density at radius 1 is 1.24 bits per heavy atom. The van der Waals surface area contributed by atoms with Crippen molar-refractivity contribution in [3.8, 4) is 0 Å². The van der Waals surface area contributed by atoms with Crippen LogP contribution in [0.3, 0.4) is 0 Å². The first-order valence-corrected chi connectivity index (χ1v) is 6.94. The Morgan fingerprint density at radius 3 is 2.24 bits per heavy atom. The van der Waals surface area contributed by atoms with Crippen LogP contribution in [0.1, 0.15) is 65.7 Å².